The fourth-order valence-electron chi connectivity index (χ4n) is 8.58. The van der Waals surface area contributed by atoms with Crippen LogP contribution in [0.25, 0.3) is 0 Å². The van der Waals surface area contributed by atoms with Crippen molar-refractivity contribution in [2.75, 3.05) is 57.9 Å². The third-order valence-corrected chi connectivity index (χ3v) is 13.8. The Morgan fingerprint density at radius 1 is 1.17 bits per heavy atom. The quantitative estimate of drug-likeness (QED) is 0.380. The second-order valence-corrected chi connectivity index (χ2v) is 17.6. The predicted molar refractivity (Wildman–Crippen MR) is 201 cm³/mol. The number of benzene rings is 2. The average molecular weight is 777 g/mol. The van der Waals surface area contributed by atoms with Crippen molar-refractivity contribution in [3.8, 4) is 5.75 Å². The Kier molecular flexibility index (Phi) is 12.1. The van der Waals surface area contributed by atoms with Crippen LogP contribution in [0.3, 0.4) is 0 Å². The van der Waals surface area contributed by atoms with Crippen LogP contribution in [0.4, 0.5) is 14.5 Å². The maximum Gasteiger partial charge on any atom is 0.267 e. The van der Waals surface area contributed by atoms with E-state index in [4.69, 9.17) is 21.1 Å². The number of halogens is 3. The van der Waals surface area contributed by atoms with Gasteiger partial charge in [0.05, 0.1) is 24.0 Å². The first-order valence-corrected chi connectivity index (χ1v) is 20.7. The molecule has 10 nitrogen and oxygen atoms in total. The number of hydrogen-bond acceptors (Lipinski definition) is 8. The van der Waals surface area contributed by atoms with Gasteiger partial charge in [-0.1, -0.05) is 37.6 Å². The third-order valence-electron chi connectivity index (χ3n) is 11.6. The maximum absolute atomic E-state index is 17.0. The van der Waals surface area contributed by atoms with Gasteiger partial charge in [0.1, 0.15) is 23.3 Å². The Labute approximate surface area is 316 Å². The van der Waals surface area contributed by atoms with E-state index in [-0.39, 0.29) is 50.2 Å². The number of carbonyl (C=O) groups is 2. The number of nitrogens with one attached hydrogen (secondary N) is 1. The minimum Gasteiger partial charge on any atom is -0.490 e. The van der Waals surface area contributed by atoms with Crippen LogP contribution in [0.5, 0.6) is 5.75 Å². The Hall–Kier alpha value is -3.26. The van der Waals surface area contributed by atoms with E-state index in [0.717, 1.165) is 30.4 Å². The number of sulfonamides is 1. The van der Waals surface area contributed by atoms with Gasteiger partial charge in [0, 0.05) is 49.8 Å². The van der Waals surface area contributed by atoms with Gasteiger partial charge in [-0.05, 0) is 99.7 Å². The Bertz CT molecular complexity index is 1850. The molecule has 2 amide bonds. The van der Waals surface area contributed by atoms with E-state index >= 15 is 8.78 Å². The zero-order valence-electron chi connectivity index (χ0n) is 31.0. The summed E-state index contributed by atoms with van der Waals surface area (Å²) in [4.78, 5) is 33.4. The molecule has 3 heterocycles. The van der Waals surface area contributed by atoms with Crippen molar-refractivity contribution in [2.24, 2.45) is 5.92 Å². The lowest BCUT2D eigenvalue weighted by Crippen LogP contribution is -2.55. The molecule has 2 aromatic carbocycles. The largest absolute Gasteiger partial charge is 0.490 e. The molecule has 1 spiro atoms. The van der Waals surface area contributed by atoms with Gasteiger partial charge < -0.3 is 19.3 Å². The van der Waals surface area contributed by atoms with Gasteiger partial charge in [0.2, 0.25) is 15.9 Å². The molecular weight excluding hydrogens is 726 g/mol. The lowest BCUT2D eigenvalue weighted by Gasteiger charge is -2.42. The Morgan fingerprint density at radius 2 is 1.96 bits per heavy atom. The minimum absolute atomic E-state index is 0.00114. The van der Waals surface area contributed by atoms with Crippen molar-refractivity contribution in [1.82, 2.24) is 14.5 Å². The van der Waals surface area contributed by atoms with E-state index in [1.54, 1.807) is 18.9 Å². The van der Waals surface area contributed by atoms with Crippen LogP contribution in [0, 0.1) is 11.7 Å². The molecule has 6 rings (SSSR count). The number of methoxy groups -OCH3 is 1. The normalized spacial score (nSPS) is 28.5. The summed E-state index contributed by atoms with van der Waals surface area (Å²) >= 11 is 6.42. The van der Waals surface area contributed by atoms with Crippen LogP contribution in [0.2, 0.25) is 5.02 Å². The van der Waals surface area contributed by atoms with Crippen molar-refractivity contribution < 1.29 is 36.3 Å². The highest BCUT2D eigenvalue weighted by atomic mass is 35.5. The van der Waals surface area contributed by atoms with Crippen molar-refractivity contribution in [3.05, 3.63) is 69.8 Å². The molecule has 290 valence electrons. The summed E-state index contributed by atoms with van der Waals surface area (Å²) in [6, 6.07) is 6.97. The zero-order valence-corrected chi connectivity index (χ0v) is 32.6. The molecule has 0 saturated carbocycles. The number of anilines is 1. The van der Waals surface area contributed by atoms with Gasteiger partial charge >= 0.3 is 0 Å². The number of rotatable bonds is 6. The molecule has 0 aromatic heterocycles. The van der Waals surface area contributed by atoms with Gasteiger partial charge in [-0.25, -0.2) is 21.9 Å². The van der Waals surface area contributed by atoms with Crippen LogP contribution in [0.15, 0.2) is 42.2 Å². The van der Waals surface area contributed by atoms with E-state index in [9.17, 15) is 18.0 Å². The highest BCUT2D eigenvalue weighted by Crippen LogP contribution is 2.46. The van der Waals surface area contributed by atoms with Gasteiger partial charge in [0.25, 0.3) is 5.91 Å². The molecule has 1 fully saturated rings. The number of allylic oxidation sites excluding steroid dienone is 1. The molecule has 1 saturated heterocycles. The van der Waals surface area contributed by atoms with Crippen LogP contribution in [0.1, 0.15) is 80.8 Å². The topological polar surface area (TPSA) is 108 Å². The number of hydrogen-bond donors (Lipinski definition) is 1. The number of aryl methyl sites for hydroxylation is 1. The fraction of sp³-hybridized carbons (Fsp3) is 0.590. The van der Waals surface area contributed by atoms with Gasteiger partial charge in [-0.2, -0.15) is 0 Å². The molecule has 2 bridgehead atoms. The summed E-state index contributed by atoms with van der Waals surface area (Å²) in [6.07, 6.45) is 5.72. The van der Waals surface area contributed by atoms with Crippen molar-refractivity contribution in [3.63, 3.8) is 0 Å². The Morgan fingerprint density at radius 3 is 2.72 bits per heavy atom. The van der Waals surface area contributed by atoms with E-state index in [1.165, 1.54) is 25.1 Å². The van der Waals surface area contributed by atoms with Crippen molar-refractivity contribution in [2.45, 2.75) is 88.5 Å². The molecule has 4 aliphatic rings. The summed E-state index contributed by atoms with van der Waals surface area (Å²) in [5.74, 6) is -3.46. The molecule has 1 N–H and O–H groups in total. The van der Waals surface area contributed by atoms with Crippen LogP contribution in [-0.4, -0.2) is 100 Å². The molecule has 14 heteroatoms. The molecule has 2 aromatic rings. The summed E-state index contributed by atoms with van der Waals surface area (Å²) in [7, 11) is -2.77. The number of nitrogens with zero attached hydrogens (tertiary/aromatic N) is 3. The van der Waals surface area contributed by atoms with Crippen molar-refractivity contribution >= 4 is 39.1 Å². The summed E-state index contributed by atoms with van der Waals surface area (Å²) in [5.41, 5.74) is 1.19. The lowest BCUT2D eigenvalue weighted by atomic mass is 9.70. The van der Waals surface area contributed by atoms with Gasteiger partial charge in [-0.3, -0.25) is 14.5 Å². The van der Waals surface area contributed by atoms with E-state index in [1.807, 2.05) is 34.9 Å². The van der Waals surface area contributed by atoms with E-state index < -0.39 is 61.7 Å². The molecule has 0 unspecified atom stereocenters. The lowest BCUT2D eigenvalue weighted by molar-refractivity contribution is -0.137. The number of ether oxygens (including phenoxy) is 2. The highest BCUT2D eigenvalue weighted by Gasteiger charge is 2.46. The minimum atomic E-state index is -4.32. The third kappa shape index (κ3) is 7.95. The first kappa shape index (κ1) is 39.4. The standard InChI is InChI=1S/C39H51ClF2N4O6S/c1-5-17-44(19-20-51-4)38(48)35-32(41)14-10-25(2)26(3)53(49,50)43-37(47)30-12-15-33-36(34(30)42)45(22-29-9-7-18-46(29)35)23-39(24-52-33)16-6-8-27-21-28(40)11-13-31(27)39/h11-15,21,25-26,29,35H,5-10,16-20,22-24H2,1-4H3,(H,43,47)/b32-14-/t25-,26+,29-,35+,39-/m0/s1. The summed E-state index contributed by atoms with van der Waals surface area (Å²) < 4.78 is 74.6. The molecular formula is C39H51ClF2N4O6S. The predicted octanol–water partition coefficient (Wildman–Crippen LogP) is 6.01. The summed E-state index contributed by atoms with van der Waals surface area (Å²) in [5, 5.41) is -0.516. The van der Waals surface area contributed by atoms with Gasteiger partial charge in [-0.15, -0.1) is 0 Å². The SMILES string of the molecule is CCCN(CCOC)C(=O)[C@H]1/C(F)=C/C[C@H](C)[C@@H](C)S(=O)(=O)NC(=O)c2ccc3c(c2F)N(C[C@@H]2CCCN21)C[C@@]1(CCCc2cc(Cl)ccc21)CO3. The molecule has 53 heavy (non-hydrogen) atoms. The second kappa shape index (κ2) is 16.2. The fourth-order valence-corrected chi connectivity index (χ4v) is 10.0. The number of fused-ring (bicyclic) bond motifs is 4. The molecule has 3 aliphatic heterocycles. The van der Waals surface area contributed by atoms with Gasteiger partial charge in [0.15, 0.2) is 5.82 Å². The maximum atomic E-state index is 17.0. The zero-order chi connectivity index (χ0) is 38.1. The van der Waals surface area contributed by atoms with E-state index in [2.05, 4.69) is 4.72 Å². The first-order valence-electron chi connectivity index (χ1n) is 18.7. The smallest absolute Gasteiger partial charge is 0.267 e. The van der Waals surface area contributed by atoms with Crippen molar-refractivity contribution in [1.29, 1.82) is 0 Å². The van der Waals surface area contributed by atoms with Crippen LogP contribution < -0.4 is 14.4 Å². The number of carbonyl (C=O) groups excluding carboxylic acids is 2. The number of amides is 2. The highest BCUT2D eigenvalue weighted by molar-refractivity contribution is 7.90. The Balaban J connectivity index is 1.50. The first-order chi connectivity index (χ1) is 25.3. The second-order valence-electron chi connectivity index (χ2n) is 15.1. The summed E-state index contributed by atoms with van der Waals surface area (Å²) in [6.45, 7) is 7.18. The monoisotopic (exact) mass is 776 g/mol. The molecule has 5 atom stereocenters. The van der Waals surface area contributed by atoms with Crippen LogP contribution >= 0.6 is 11.6 Å². The molecule has 1 aliphatic carbocycles. The van der Waals surface area contributed by atoms with E-state index in [0.29, 0.717) is 43.9 Å². The van der Waals surface area contributed by atoms with Crippen LogP contribution in [-0.2, 0) is 31.4 Å². The molecule has 0 radical (unpaired) electrons. The average Bonchev–Trinajstić information content (AvgIpc) is 3.50.